The molecule has 0 heterocycles. The van der Waals surface area contributed by atoms with E-state index in [2.05, 4.69) is 35.7 Å². The summed E-state index contributed by atoms with van der Waals surface area (Å²) in [6.07, 6.45) is -4.64. The van der Waals surface area contributed by atoms with Crippen LogP contribution in [-0.4, -0.2) is 36.9 Å². The van der Waals surface area contributed by atoms with E-state index in [4.69, 9.17) is 0 Å². The van der Waals surface area contributed by atoms with E-state index in [1.54, 1.807) is 12.1 Å². The molecule has 0 aliphatic carbocycles. The largest absolute Gasteiger partial charge is 0.573 e. The highest BCUT2D eigenvalue weighted by Crippen LogP contribution is 2.23. The lowest BCUT2D eigenvalue weighted by atomic mass is 10.2. The van der Waals surface area contributed by atoms with Gasteiger partial charge in [0.15, 0.2) is 0 Å². The standard InChI is InChI=1S/C15H23F3N2O/c1-4-20(10-9-19-12(2)3)11-13-5-7-14(8-6-13)21-15(16,17)18/h5-8,12,19H,4,9-11H2,1-3H3. The Kier molecular flexibility index (Phi) is 6.98. The second-order valence-corrected chi connectivity index (χ2v) is 5.17. The topological polar surface area (TPSA) is 24.5 Å². The third-order valence-corrected chi connectivity index (χ3v) is 2.99. The van der Waals surface area contributed by atoms with Crippen molar-refractivity contribution in [3.63, 3.8) is 0 Å². The van der Waals surface area contributed by atoms with Crippen molar-refractivity contribution in [3.8, 4) is 5.75 Å². The number of benzene rings is 1. The highest BCUT2D eigenvalue weighted by atomic mass is 19.4. The molecule has 1 N–H and O–H groups in total. The number of nitrogens with zero attached hydrogens (tertiary/aromatic N) is 1. The van der Waals surface area contributed by atoms with Crippen molar-refractivity contribution in [1.29, 1.82) is 0 Å². The van der Waals surface area contributed by atoms with Crippen LogP contribution in [0.15, 0.2) is 24.3 Å². The molecule has 0 fully saturated rings. The van der Waals surface area contributed by atoms with Gasteiger partial charge < -0.3 is 10.1 Å². The quantitative estimate of drug-likeness (QED) is 0.796. The van der Waals surface area contributed by atoms with E-state index in [0.717, 1.165) is 25.2 Å². The Morgan fingerprint density at radius 3 is 2.29 bits per heavy atom. The first-order chi connectivity index (χ1) is 9.80. The first-order valence-electron chi connectivity index (χ1n) is 7.10. The molecular weight excluding hydrogens is 281 g/mol. The normalized spacial score (nSPS) is 12.2. The minimum Gasteiger partial charge on any atom is -0.406 e. The maximum absolute atomic E-state index is 12.1. The maximum atomic E-state index is 12.1. The van der Waals surface area contributed by atoms with Crippen molar-refractivity contribution < 1.29 is 17.9 Å². The molecule has 0 amide bonds. The summed E-state index contributed by atoms with van der Waals surface area (Å²) in [4.78, 5) is 2.23. The average molecular weight is 304 g/mol. The number of likely N-dealkylation sites (N-methyl/N-ethyl adjacent to an activating group) is 1. The van der Waals surface area contributed by atoms with E-state index in [1.807, 2.05) is 0 Å². The van der Waals surface area contributed by atoms with Crippen LogP contribution in [0.5, 0.6) is 5.75 Å². The van der Waals surface area contributed by atoms with E-state index < -0.39 is 6.36 Å². The molecule has 1 rings (SSSR count). The summed E-state index contributed by atoms with van der Waals surface area (Å²) < 4.78 is 40.1. The van der Waals surface area contributed by atoms with Gasteiger partial charge in [0.2, 0.25) is 0 Å². The lowest BCUT2D eigenvalue weighted by Gasteiger charge is -2.21. The van der Waals surface area contributed by atoms with Gasteiger partial charge in [0.05, 0.1) is 0 Å². The molecule has 1 aromatic carbocycles. The first kappa shape index (κ1) is 17.8. The third kappa shape index (κ3) is 7.92. The Bertz CT molecular complexity index is 404. The number of hydrogen-bond donors (Lipinski definition) is 1. The molecule has 0 aliphatic heterocycles. The summed E-state index contributed by atoms with van der Waals surface area (Å²) in [7, 11) is 0. The van der Waals surface area contributed by atoms with Crippen LogP contribution >= 0.6 is 0 Å². The van der Waals surface area contributed by atoms with Crippen LogP contribution in [0.3, 0.4) is 0 Å². The van der Waals surface area contributed by atoms with Crippen LogP contribution in [0.4, 0.5) is 13.2 Å². The van der Waals surface area contributed by atoms with Crippen LogP contribution in [0.1, 0.15) is 26.3 Å². The summed E-state index contributed by atoms with van der Waals surface area (Å²) in [6, 6.07) is 6.48. The van der Waals surface area contributed by atoms with Crippen molar-refractivity contribution in [3.05, 3.63) is 29.8 Å². The van der Waals surface area contributed by atoms with E-state index in [0.29, 0.717) is 12.6 Å². The van der Waals surface area contributed by atoms with Gasteiger partial charge in [0.1, 0.15) is 5.75 Å². The number of hydrogen-bond acceptors (Lipinski definition) is 3. The van der Waals surface area contributed by atoms with Gasteiger partial charge in [0.25, 0.3) is 0 Å². The highest BCUT2D eigenvalue weighted by molar-refractivity contribution is 5.27. The van der Waals surface area contributed by atoms with Crippen LogP contribution in [0, 0.1) is 0 Å². The number of rotatable bonds is 8. The average Bonchev–Trinajstić information content (AvgIpc) is 2.37. The van der Waals surface area contributed by atoms with Crippen LogP contribution in [0.2, 0.25) is 0 Å². The summed E-state index contributed by atoms with van der Waals surface area (Å²) in [5.74, 6) is -0.184. The fourth-order valence-corrected chi connectivity index (χ4v) is 1.92. The van der Waals surface area contributed by atoms with Crippen LogP contribution < -0.4 is 10.1 Å². The van der Waals surface area contributed by atoms with Gasteiger partial charge >= 0.3 is 6.36 Å². The Hall–Kier alpha value is -1.27. The monoisotopic (exact) mass is 304 g/mol. The second-order valence-electron chi connectivity index (χ2n) is 5.17. The maximum Gasteiger partial charge on any atom is 0.573 e. The van der Waals surface area contributed by atoms with Crippen molar-refractivity contribution in [2.75, 3.05) is 19.6 Å². The fourth-order valence-electron chi connectivity index (χ4n) is 1.92. The molecule has 6 heteroatoms. The molecule has 0 radical (unpaired) electrons. The predicted molar refractivity (Wildman–Crippen MR) is 77.2 cm³/mol. The zero-order valence-electron chi connectivity index (χ0n) is 12.7. The van der Waals surface area contributed by atoms with Crippen molar-refractivity contribution in [1.82, 2.24) is 10.2 Å². The molecule has 0 spiro atoms. The van der Waals surface area contributed by atoms with Gasteiger partial charge in [-0.15, -0.1) is 13.2 Å². The van der Waals surface area contributed by atoms with Gasteiger partial charge in [-0.05, 0) is 24.2 Å². The number of halogens is 3. The van der Waals surface area contributed by atoms with Crippen molar-refractivity contribution in [2.24, 2.45) is 0 Å². The summed E-state index contributed by atoms with van der Waals surface area (Å²) in [6.45, 7) is 9.64. The SMILES string of the molecule is CCN(CCNC(C)C)Cc1ccc(OC(F)(F)F)cc1. The van der Waals surface area contributed by atoms with Crippen molar-refractivity contribution in [2.45, 2.75) is 39.7 Å². The van der Waals surface area contributed by atoms with E-state index in [-0.39, 0.29) is 5.75 Å². The summed E-state index contributed by atoms with van der Waals surface area (Å²) >= 11 is 0. The third-order valence-electron chi connectivity index (χ3n) is 2.99. The second kappa shape index (κ2) is 8.24. The van der Waals surface area contributed by atoms with Crippen LogP contribution in [-0.2, 0) is 6.54 Å². The lowest BCUT2D eigenvalue weighted by Crippen LogP contribution is -2.34. The molecule has 3 nitrogen and oxygen atoms in total. The van der Waals surface area contributed by atoms with Gasteiger partial charge in [-0.1, -0.05) is 32.9 Å². The molecular formula is C15H23F3N2O. The molecule has 0 aromatic heterocycles. The summed E-state index contributed by atoms with van der Waals surface area (Å²) in [5.41, 5.74) is 0.968. The minimum atomic E-state index is -4.64. The molecule has 21 heavy (non-hydrogen) atoms. The predicted octanol–water partition coefficient (Wildman–Crippen LogP) is 3.41. The smallest absolute Gasteiger partial charge is 0.406 e. The molecule has 120 valence electrons. The van der Waals surface area contributed by atoms with Gasteiger partial charge in [-0.2, -0.15) is 0 Å². The Balaban J connectivity index is 2.49. The molecule has 0 atom stereocenters. The Morgan fingerprint density at radius 2 is 1.81 bits per heavy atom. The van der Waals surface area contributed by atoms with Crippen molar-refractivity contribution >= 4 is 0 Å². The zero-order chi connectivity index (χ0) is 15.9. The molecule has 0 bridgehead atoms. The number of ether oxygens (including phenoxy) is 1. The number of alkyl halides is 3. The molecule has 0 saturated carbocycles. The van der Waals surface area contributed by atoms with Gasteiger partial charge in [-0.3, -0.25) is 4.90 Å². The molecule has 0 aliphatic rings. The van der Waals surface area contributed by atoms with E-state index in [9.17, 15) is 13.2 Å². The highest BCUT2D eigenvalue weighted by Gasteiger charge is 2.30. The Morgan fingerprint density at radius 1 is 1.19 bits per heavy atom. The van der Waals surface area contributed by atoms with E-state index in [1.165, 1.54) is 12.1 Å². The molecule has 0 unspecified atom stereocenters. The zero-order valence-corrected chi connectivity index (χ0v) is 12.7. The minimum absolute atomic E-state index is 0.184. The Labute approximate surface area is 124 Å². The molecule has 1 aromatic rings. The lowest BCUT2D eigenvalue weighted by molar-refractivity contribution is -0.274. The van der Waals surface area contributed by atoms with Crippen LogP contribution in [0.25, 0.3) is 0 Å². The van der Waals surface area contributed by atoms with Gasteiger partial charge in [0, 0.05) is 25.7 Å². The van der Waals surface area contributed by atoms with E-state index >= 15 is 0 Å². The first-order valence-corrected chi connectivity index (χ1v) is 7.10. The summed E-state index contributed by atoms with van der Waals surface area (Å²) in [5, 5.41) is 3.34. The fraction of sp³-hybridized carbons (Fsp3) is 0.600. The molecule has 0 saturated heterocycles. The number of nitrogens with one attached hydrogen (secondary N) is 1. The van der Waals surface area contributed by atoms with Gasteiger partial charge in [-0.25, -0.2) is 0 Å².